The number of nitrogens with zero attached hydrogens (tertiary/aromatic N) is 1. The predicted molar refractivity (Wildman–Crippen MR) is 114 cm³/mol. The number of aromatic nitrogens is 1. The van der Waals surface area contributed by atoms with Gasteiger partial charge in [0.1, 0.15) is 0 Å². The zero-order valence-corrected chi connectivity index (χ0v) is 18.4. The van der Waals surface area contributed by atoms with Gasteiger partial charge in [-0.15, -0.1) is 0 Å². The summed E-state index contributed by atoms with van der Waals surface area (Å²) in [6, 6.07) is 7.90. The summed E-state index contributed by atoms with van der Waals surface area (Å²) in [5.74, 6) is 0.330. The summed E-state index contributed by atoms with van der Waals surface area (Å²) < 4.78 is 25.9. The number of aryl methyl sites for hydroxylation is 2. The standard InChI is InChI=1S/C21H29N3O4S/c1-13(2)10-19-18(11-22-21(25)26)20(16-8-6-14(3)7-9-16)17(15(4)24-19)12-23-29(5,27)28/h6-9,13,22-23H,10-12H2,1-5H3,(H,25,26). The molecule has 0 fully saturated rings. The van der Waals surface area contributed by atoms with E-state index in [1.54, 1.807) is 0 Å². The number of hydrogen-bond acceptors (Lipinski definition) is 4. The quantitative estimate of drug-likeness (QED) is 0.608. The van der Waals surface area contributed by atoms with E-state index in [0.717, 1.165) is 45.5 Å². The normalized spacial score (nSPS) is 11.7. The van der Waals surface area contributed by atoms with Gasteiger partial charge in [-0.3, -0.25) is 4.98 Å². The van der Waals surface area contributed by atoms with Gasteiger partial charge in [-0.2, -0.15) is 0 Å². The Balaban J connectivity index is 2.75. The van der Waals surface area contributed by atoms with Gasteiger partial charge in [0.05, 0.1) is 6.26 Å². The van der Waals surface area contributed by atoms with Crippen molar-refractivity contribution in [2.45, 2.75) is 47.2 Å². The number of carboxylic acid groups (broad SMARTS) is 1. The van der Waals surface area contributed by atoms with Gasteiger partial charge in [0, 0.05) is 30.0 Å². The first-order valence-electron chi connectivity index (χ1n) is 9.47. The zero-order chi connectivity index (χ0) is 21.8. The average molecular weight is 420 g/mol. The van der Waals surface area contributed by atoms with Crippen molar-refractivity contribution in [1.82, 2.24) is 15.0 Å². The van der Waals surface area contributed by atoms with Gasteiger partial charge in [0.2, 0.25) is 10.0 Å². The SMILES string of the molecule is Cc1ccc(-c2c(CNS(C)(=O)=O)c(C)nc(CC(C)C)c2CNC(=O)O)cc1. The molecule has 2 rings (SSSR count). The number of benzene rings is 1. The van der Waals surface area contributed by atoms with Crippen LogP contribution in [0.15, 0.2) is 24.3 Å². The van der Waals surface area contributed by atoms with Crippen molar-refractivity contribution in [3.63, 3.8) is 0 Å². The zero-order valence-electron chi connectivity index (χ0n) is 17.5. The van der Waals surface area contributed by atoms with Crippen molar-refractivity contribution < 1.29 is 18.3 Å². The van der Waals surface area contributed by atoms with E-state index in [2.05, 4.69) is 23.9 Å². The Morgan fingerprint density at radius 1 is 1.10 bits per heavy atom. The van der Waals surface area contributed by atoms with Gasteiger partial charge in [-0.05, 0) is 42.9 Å². The molecule has 1 amide bonds. The summed E-state index contributed by atoms with van der Waals surface area (Å²) >= 11 is 0. The van der Waals surface area contributed by atoms with Crippen molar-refractivity contribution >= 4 is 16.1 Å². The molecule has 1 aromatic heterocycles. The van der Waals surface area contributed by atoms with Crippen LogP contribution in [0.1, 0.15) is 41.9 Å². The second-order valence-corrected chi connectivity index (χ2v) is 9.53. The van der Waals surface area contributed by atoms with Gasteiger partial charge in [0.25, 0.3) is 0 Å². The number of amides is 1. The fourth-order valence-corrected chi connectivity index (χ4v) is 3.65. The molecule has 0 radical (unpaired) electrons. The smallest absolute Gasteiger partial charge is 0.404 e. The molecular weight excluding hydrogens is 390 g/mol. The lowest BCUT2D eigenvalue weighted by Crippen LogP contribution is -2.25. The highest BCUT2D eigenvalue weighted by Crippen LogP contribution is 2.33. The molecule has 1 aromatic carbocycles. The van der Waals surface area contributed by atoms with Crippen LogP contribution < -0.4 is 10.0 Å². The molecule has 0 aliphatic carbocycles. The number of carbonyl (C=O) groups is 1. The Hall–Kier alpha value is -2.45. The van der Waals surface area contributed by atoms with Crippen LogP contribution in [0.3, 0.4) is 0 Å². The number of rotatable bonds is 8. The Labute approximate surface area is 172 Å². The van der Waals surface area contributed by atoms with Crippen LogP contribution in [0.2, 0.25) is 0 Å². The van der Waals surface area contributed by atoms with Crippen LogP contribution in [0.25, 0.3) is 11.1 Å². The summed E-state index contributed by atoms with van der Waals surface area (Å²) in [6.07, 6.45) is 0.684. The maximum absolute atomic E-state index is 11.7. The number of hydrogen-bond donors (Lipinski definition) is 3. The van der Waals surface area contributed by atoms with E-state index in [4.69, 9.17) is 10.1 Å². The summed E-state index contributed by atoms with van der Waals surface area (Å²) in [4.78, 5) is 15.9. The maximum atomic E-state index is 11.7. The lowest BCUT2D eigenvalue weighted by Gasteiger charge is -2.22. The largest absolute Gasteiger partial charge is 0.465 e. The fourth-order valence-electron chi connectivity index (χ4n) is 3.24. The molecule has 1 heterocycles. The molecule has 3 N–H and O–H groups in total. The molecule has 7 nitrogen and oxygen atoms in total. The lowest BCUT2D eigenvalue weighted by atomic mass is 9.89. The molecule has 2 aromatic rings. The number of nitrogens with one attached hydrogen (secondary N) is 2. The highest BCUT2D eigenvalue weighted by molar-refractivity contribution is 7.88. The number of pyridine rings is 1. The van der Waals surface area contributed by atoms with Crippen LogP contribution in [-0.2, 0) is 29.5 Å². The Bertz CT molecular complexity index is 984. The van der Waals surface area contributed by atoms with Crippen molar-refractivity contribution in [3.8, 4) is 11.1 Å². The van der Waals surface area contributed by atoms with E-state index in [1.807, 2.05) is 38.1 Å². The van der Waals surface area contributed by atoms with Crippen molar-refractivity contribution in [2.75, 3.05) is 6.26 Å². The van der Waals surface area contributed by atoms with Crippen LogP contribution >= 0.6 is 0 Å². The van der Waals surface area contributed by atoms with E-state index in [1.165, 1.54) is 0 Å². The highest BCUT2D eigenvalue weighted by Gasteiger charge is 2.21. The minimum absolute atomic E-state index is 0.0862. The maximum Gasteiger partial charge on any atom is 0.404 e. The first-order valence-corrected chi connectivity index (χ1v) is 11.4. The van der Waals surface area contributed by atoms with Gasteiger partial charge >= 0.3 is 6.09 Å². The minimum atomic E-state index is -3.40. The van der Waals surface area contributed by atoms with E-state index in [-0.39, 0.29) is 13.1 Å². The third-order valence-electron chi connectivity index (χ3n) is 4.56. The molecule has 0 atom stereocenters. The summed E-state index contributed by atoms with van der Waals surface area (Å²) in [7, 11) is -3.40. The van der Waals surface area contributed by atoms with E-state index in [9.17, 15) is 13.2 Å². The Morgan fingerprint density at radius 2 is 1.72 bits per heavy atom. The molecule has 0 aliphatic heterocycles. The molecule has 8 heteroatoms. The second-order valence-electron chi connectivity index (χ2n) is 7.69. The minimum Gasteiger partial charge on any atom is -0.465 e. The first-order chi connectivity index (χ1) is 13.5. The van der Waals surface area contributed by atoms with E-state index >= 15 is 0 Å². The van der Waals surface area contributed by atoms with Crippen molar-refractivity contribution in [3.05, 3.63) is 52.3 Å². The Kier molecular flexibility index (Phi) is 7.37. The molecule has 0 saturated heterocycles. The monoisotopic (exact) mass is 419 g/mol. The first kappa shape index (κ1) is 22.8. The molecule has 0 saturated carbocycles. The lowest BCUT2D eigenvalue weighted by molar-refractivity contribution is 0.194. The summed E-state index contributed by atoms with van der Waals surface area (Å²) in [5, 5.41) is 11.6. The van der Waals surface area contributed by atoms with Crippen LogP contribution in [0.4, 0.5) is 4.79 Å². The Morgan fingerprint density at radius 3 is 2.24 bits per heavy atom. The molecule has 0 spiro atoms. The van der Waals surface area contributed by atoms with Gasteiger partial charge in [-0.1, -0.05) is 43.7 Å². The summed E-state index contributed by atoms with van der Waals surface area (Å²) in [6.45, 7) is 8.19. The molecule has 29 heavy (non-hydrogen) atoms. The second kappa shape index (κ2) is 9.37. The summed E-state index contributed by atoms with van der Waals surface area (Å²) in [5.41, 5.74) is 5.91. The van der Waals surface area contributed by atoms with Gasteiger partial charge in [0.15, 0.2) is 0 Å². The average Bonchev–Trinajstić information content (AvgIpc) is 2.58. The molecule has 0 unspecified atom stereocenters. The number of sulfonamides is 1. The molecule has 0 bridgehead atoms. The van der Waals surface area contributed by atoms with E-state index < -0.39 is 16.1 Å². The molecule has 0 aliphatic rings. The highest BCUT2D eigenvalue weighted by atomic mass is 32.2. The van der Waals surface area contributed by atoms with Crippen LogP contribution in [0, 0.1) is 19.8 Å². The fraction of sp³-hybridized carbons (Fsp3) is 0.429. The van der Waals surface area contributed by atoms with Crippen molar-refractivity contribution in [2.24, 2.45) is 5.92 Å². The van der Waals surface area contributed by atoms with Crippen LogP contribution in [-0.4, -0.2) is 30.9 Å². The third kappa shape index (κ3) is 6.54. The topological polar surface area (TPSA) is 108 Å². The molecule has 158 valence electrons. The van der Waals surface area contributed by atoms with Gasteiger partial charge < -0.3 is 10.4 Å². The van der Waals surface area contributed by atoms with Crippen molar-refractivity contribution in [1.29, 1.82) is 0 Å². The third-order valence-corrected chi connectivity index (χ3v) is 5.23. The predicted octanol–water partition coefficient (Wildman–Crippen LogP) is 3.38. The molecular formula is C21H29N3O4S. The van der Waals surface area contributed by atoms with Gasteiger partial charge in [-0.25, -0.2) is 17.9 Å². The van der Waals surface area contributed by atoms with Crippen LogP contribution in [0.5, 0.6) is 0 Å². The van der Waals surface area contributed by atoms with E-state index in [0.29, 0.717) is 12.3 Å².